The van der Waals surface area contributed by atoms with Gasteiger partial charge < -0.3 is 10.0 Å². The van der Waals surface area contributed by atoms with Crippen LogP contribution in [0.4, 0.5) is 5.69 Å². The Kier molecular flexibility index (Phi) is 3.83. The van der Waals surface area contributed by atoms with Crippen molar-refractivity contribution >= 4 is 27.5 Å². The third kappa shape index (κ3) is 2.87. The van der Waals surface area contributed by atoms with Gasteiger partial charge >= 0.3 is 0 Å². The van der Waals surface area contributed by atoms with Crippen LogP contribution in [0.2, 0.25) is 0 Å². The van der Waals surface area contributed by atoms with Crippen molar-refractivity contribution in [3.8, 4) is 0 Å². The predicted molar refractivity (Wildman–Crippen MR) is 86.4 cm³/mol. The monoisotopic (exact) mass is 345 g/mol. The van der Waals surface area contributed by atoms with Crippen LogP contribution in [0.15, 0.2) is 46.9 Å². The van der Waals surface area contributed by atoms with E-state index in [1.54, 1.807) is 11.9 Å². The minimum absolute atomic E-state index is 0.101. The van der Waals surface area contributed by atoms with Crippen molar-refractivity contribution in [3.63, 3.8) is 0 Å². The standard InChI is InChI=1S/C17H16BrNO2/c1-19-15-7-4-12(9-13(15)10-17(19)21)16(20)8-11-2-5-14(18)6-3-11/h2-7,9,16,20H,8,10H2,1H3. The Morgan fingerprint density at radius 1 is 1.24 bits per heavy atom. The maximum Gasteiger partial charge on any atom is 0.231 e. The SMILES string of the molecule is CN1C(=O)Cc2cc(C(O)Cc3ccc(Br)cc3)ccc21. The maximum absolute atomic E-state index is 11.7. The van der Waals surface area contributed by atoms with Gasteiger partial charge in [-0.05, 0) is 34.9 Å². The molecule has 3 nitrogen and oxygen atoms in total. The minimum atomic E-state index is -0.558. The molecule has 1 amide bonds. The molecule has 0 fully saturated rings. The number of halogens is 1. The van der Waals surface area contributed by atoms with Gasteiger partial charge in [0.2, 0.25) is 5.91 Å². The van der Waals surface area contributed by atoms with Crippen LogP contribution >= 0.6 is 15.9 Å². The van der Waals surface area contributed by atoms with E-state index >= 15 is 0 Å². The Balaban J connectivity index is 1.80. The summed E-state index contributed by atoms with van der Waals surface area (Å²) in [5.74, 6) is 0.101. The number of anilines is 1. The molecule has 0 spiro atoms. The molecule has 0 saturated heterocycles. The number of rotatable bonds is 3. The Bertz CT molecular complexity index is 682. The van der Waals surface area contributed by atoms with Gasteiger partial charge in [0.05, 0.1) is 12.5 Å². The quantitative estimate of drug-likeness (QED) is 0.927. The molecule has 2 aromatic carbocycles. The fourth-order valence-electron chi connectivity index (χ4n) is 2.66. The van der Waals surface area contributed by atoms with Gasteiger partial charge in [0, 0.05) is 23.6 Å². The van der Waals surface area contributed by atoms with Gasteiger partial charge in [-0.1, -0.05) is 40.2 Å². The van der Waals surface area contributed by atoms with Crippen LogP contribution in [0.1, 0.15) is 22.8 Å². The number of hydrogen-bond donors (Lipinski definition) is 1. The molecule has 2 aromatic rings. The van der Waals surface area contributed by atoms with E-state index in [0.29, 0.717) is 12.8 Å². The molecule has 1 atom stereocenters. The topological polar surface area (TPSA) is 40.5 Å². The molecule has 1 N–H and O–H groups in total. The molecule has 1 unspecified atom stereocenters. The summed E-state index contributed by atoms with van der Waals surface area (Å²) in [6.45, 7) is 0. The molecular formula is C17H16BrNO2. The third-order valence-electron chi connectivity index (χ3n) is 3.91. The summed E-state index contributed by atoms with van der Waals surface area (Å²) >= 11 is 3.40. The molecule has 108 valence electrons. The number of carbonyl (C=O) groups excluding carboxylic acids is 1. The Morgan fingerprint density at radius 2 is 1.95 bits per heavy atom. The van der Waals surface area contributed by atoms with Crippen LogP contribution in [0, 0.1) is 0 Å². The van der Waals surface area contributed by atoms with Crippen LogP contribution in [-0.4, -0.2) is 18.1 Å². The Hall–Kier alpha value is -1.65. The highest BCUT2D eigenvalue weighted by atomic mass is 79.9. The normalized spacial score (nSPS) is 15.2. The first-order valence-electron chi connectivity index (χ1n) is 6.86. The summed E-state index contributed by atoms with van der Waals surface area (Å²) in [7, 11) is 1.78. The lowest BCUT2D eigenvalue weighted by Crippen LogP contribution is -2.20. The number of aliphatic hydroxyl groups excluding tert-OH is 1. The largest absolute Gasteiger partial charge is 0.388 e. The van der Waals surface area contributed by atoms with Crippen molar-refractivity contribution in [2.24, 2.45) is 0 Å². The van der Waals surface area contributed by atoms with Gasteiger partial charge in [-0.25, -0.2) is 0 Å². The zero-order chi connectivity index (χ0) is 15.0. The summed E-state index contributed by atoms with van der Waals surface area (Å²) in [4.78, 5) is 13.4. The number of carbonyl (C=O) groups is 1. The number of nitrogens with zero attached hydrogens (tertiary/aromatic N) is 1. The number of aliphatic hydroxyl groups is 1. The second-order valence-electron chi connectivity index (χ2n) is 5.36. The number of fused-ring (bicyclic) bond motifs is 1. The Morgan fingerprint density at radius 3 is 2.67 bits per heavy atom. The number of likely N-dealkylation sites (N-methyl/N-ethyl adjacent to an activating group) is 1. The lowest BCUT2D eigenvalue weighted by Gasteiger charge is -2.14. The number of hydrogen-bond acceptors (Lipinski definition) is 2. The molecule has 0 bridgehead atoms. The molecule has 0 radical (unpaired) electrons. The van der Waals surface area contributed by atoms with E-state index in [0.717, 1.165) is 26.9 Å². The fourth-order valence-corrected chi connectivity index (χ4v) is 2.92. The van der Waals surface area contributed by atoms with Crippen LogP contribution in [0.3, 0.4) is 0 Å². The average molecular weight is 346 g/mol. The van der Waals surface area contributed by atoms with E-state index in [-0.39, 0.29) is 5.91 Å². The fraction of sp³-hybridized carbons (Fsp3) is 0.235. The van der Waals surface area contributed by atoms with E-state index in [4.69, 9.17) is 0 Å². The average Bonchev–Trinajstić information content (AvgIpc) is 2.76. The molecule has 1 heterocycles. The maximum atomic E-state index is 11.7. The second kappa shape index (κ2) is 5.62. The minimum Gasteiger partial charge on any atom is -0.388 e. The van der Waals surface area contributed by atoms with Crippen LogP contribution < -0.4 is 4.90 Å². The van der Waals surface area contributed by atoms with Gasteiger partial charge in [0.15, 0.2) is 0 Å². The molecule has 0 aliphatic carbocycles. The van der Waals surface area contributed by atoms with E-state index in [2.05, 4.69) is 15.9 Å². The van der Waals surface area contributed by atoms with Crippen molar-refractivity contribution in [2.45, 2.75) is 18.9 Å². The highest BCUT2D eigenvalue weighted by Gasteiger charge is 2.24. The summed E-state index contributed by atoms with van der Waals surface area (Å²) in [5.41, 5.74) is 3.88. The lowest BCUT2D eigenvalue weighted by atomic mass is 9.99. The molecule has 0 aromatic heterocycles. The van der Waals surface area contributed by atoms with Crippen molar-refractivity contribution < 1.29 is 9.90 Å². The molecule has 1 aliphatic heterocycles. The molecule has 1 aliphatic rings. The van der Waals surface area contributed by atoms with Crippen molar-refractivity contribution in [3.05, 3.63) is 63.6 Å². The first-order valence-corrected chi connectivity index (χ1v) is 7.66. The van der Waals surface area contributed by atoms with Crippen molar-refractivity contribution in [1.29, 1.82) is 0 Å². The highest BCUT2D eigenvalue weighted by Crippen LogP contribution is 2.31. The van der Waals surface area contributed by atoms with Gasteiger partial charge in [0.25, 0.3) is 0 Å². The van der Waals surface area contributed by atoms with Crippen molar-refractivity contribution in [2.75, 3.05) is 11.9 Å². The lowest BCUT2D eigenvalue weighted by molar-refractivity contribution is -0.117. The molecule has 21 heavy (non-hydrogen) atoms. The zero-order valence-electron chi connectivity index (χ0n) is 11.7. The van der Waals surface area contributed by atoms with Crippen molar-refractivity contribution in [1.82, 2.24) is 0 Å². The van der Waals surface area contributed by atoms with E-state index in [1.807, 2.05) is 42.5 Å². The summed E-state index contributed by atoms with van der Waals surface area (Å²) in [6, 6.07) is 13.7. The second-order valence-corrected chi connectivity index (χ2v) is 6.28. The first-order chi connectivity index (χ1) is 10.0. The van der Waals surface area contributed by atoms with Gasteiger partial charge in [-0.2, -0.15) is 0 Å². The smallest absolute Gasteiger partial charge is 0.231 e. The van der Waals surface area contributed by atoms with E-state index < -0.39 is 6.10 Å². The van der Waals surface area contributed by atoms with Gasteiger partial charge in [0.1, 0.15) is 0 Å². The predicted octanol–water partition coefficient (Wildman–Crippen LogP) is 3.24. The molecule has 4 heteroatoms. The molecule has 0 saturated carbocycles. The van der Waals surface area contributed by atoms with Gasteiger partial charge in [-0.3, -0.25) is 4.79 Å². The van der Waals surface area contributed by atoms with Crippen LogP contribution in [0.25, 0.3) is 0 Å². The summed E-state index contributed by atoms with van der Waals surface area (Å²) in [5, 5.41) is 10.4. The number of amides is 1. The summed E-state index contributed by atoms with van der Waals surface area (Å²) in [6.07, 6.45) is 0.429. The highest BCUT2D eigenvalue weighted by molar-refractivity contribution is 9.10. The first kappa shape index (κ1) is 14.3. The van der Waals surface area contributed by atoms with Gasteiger partial charge in [-0.15, -0.1) is 0 Å². The van der Waals surface area contributed by atoms with Crippen LogP contribution in [0.5, 0.6) is 0 Å². The summed E-state index contributed by atoms with van der Waals surface area (Å²) < 4.78 is 1.03. The molecule has 3 rings (SSSR count). The third-order valence-corrected chi connectivity index (χ3v) is 4.44. The Labute approximate surface area is 132 Å². The number of benzene rings is 2. The van der Waals surface area contributed by atoms with E-state index in [1.165, 1.54) is 0 Å². The molecular weight excluding hydrogens is 330 g/mol. The zero-order valence-corrected chi connectivity index (χ0v) is 13.3. The van der Waals surface area contributed by atoms with Crippen LogP contribution in [-0.2, 0) is 17.6 Å². The van der Waals surface area contributed by atoms with E-state index in [9.17, 15) is 9.90 Å².